The van der Waals surface area contributed by atoms with Crippen molar-refractivity contribution in [3.8, 4) is 0 Å². The smallest absolute Gasteiger partial charge is 0.265 e. The van der Waals surface area contributed by atoms with Crippen LogP contribution in [-0.4, -0.2) is 20.1 Å². The Kier molecular flexibility index (Phi) is 4.70. The Hall–Kier alpha value is -0.880. The van der Waals surface area contributed by atoms with Crippen molar-refractivity contribution in [2.24, 2.45) is 5.92 Å². The van der Waals surface area contributed by atoms with Gasteiger partial charge in [0.05, 0.1) is 11.3 Å². The molecule has 0 spiro atoms. The summed E-state index contributed by atoms with van der Waals surface area (Å²) in [6.07, 6.45) is 0. The lowest BCUT2D eigenvalue weighted by atomic mass is 10.2. The summed E-state index contributed by atoms with van der Waals surface area (Å²) in [5.74, 6) is -0.707. The van der Waals surface area contributed by atoms with Crippen molar-refractivity contribution in [3.63, 3.8) is 0 Å². The van der Waals surface area contributed by atoms with Crippen molar-refractivity contribution in [1.82, 2.24) is 4.72 Å². The number of amides is 1. The van der Waals surface area contributed by atoms with Gasteiger partial charge in [0.1, 0.15) is 0 Å². The maximum atomic E-state index is 11.7. The number of carbonyl (C=O) groups is 1. The van der Waals surface area contributed by atoms with Gasteiger partial charge in [0, 0.05) is 4.47 Å². The molecule has 0 saturated carbocycles. The highest BCUT2D eigenvalue weighted by Crippen LogP contribution is 2.15. The Bertz CT molecular complexity index is 511. The number of halogens is 1. The number of benzene rings is 1. The predicted molar refractivity (Wildman–Crippen MR) is 70.2 cm³/mol. The summed E-state index contributed by atoms with van der Waals surface area (Å²) in [6.45, 7) is 3.56. The van der Waals surface area contributed by atoms with Gasteiger partial charge in [-0.1, -0.05) is 26.0 Å². The molecule has 0 aliphatic carbocycles. The van der Waals surface area contributed by atoms with Crippen molar-refractivity contribution < 1.29 is 13.2 Å². The third-order valence-corrected chi connectivity index (χ3v) is 4.21. The minimum Gasteiger partial charge on any atom is -0.268 e. The van der Waals surface area contributed by atoms with Crippen molar-refractivity contribution in [2.75, 3.05) is 5.75 Å². The summed E-state index contributed by atoms with van der Waals surface area (Å²) >= 11 is 3.20. The van der Waals surface area contributed by atoms with E-state index in [0.29, 0.717) is 10.0 Å². The van der Waals surface area contributed by atoms with E-state index in [1.54, 1.807) is 38.1 Å². The van der Waals surface area contributed by atoms with Crippen LogP contribution in [0.3, 0.4) is 0 Å². The number of hydrogen-bond donors (Lipinski definition) is 1. The predicted octanol–water partition coefficient (Wildman–Crippen LogP) is 2.16. The average Bonchev–Trinajstić information content (AvgIpc) is 2.14. The van der Waals surface area contributed by atoms with E-state index in [1.807, 2.05) is 4.72 Å². The van der Waals surface area contributed by atoms with Crippen LogP contribution in [0.2, 0.25) is 0 Å². The van der Waals surface area contributed by atoms with E-state index < -0.39 is 15.9 Å². The Morgan fingerprint density at radius 2 is 1.94 bits per heavy atom. The zero-order chi connectivity index (χ0) is 13.1. The van der Waals surface area contributed by atoms with Crippen LogP contribution in [0.1, 0.15) is 24.2 Å². The SMILES string of the molecule is CC(C)CS(=O)(=O)NC(=O)c1ccccc1Br. The molecule has 0 fully saturated rings. The molecule has 1 aromatic carbocycles. The first-order valence-electron chi connectivity index (χ1n) is 5.11. The van der Waals surface area contributed by atoms with E-state index in [1.165, 1.54) is 0 Å². The van der Waals surface area contributed by atoms with Crippen LogP contribution in [0.25, 0.3) is 0 Å². The van der Waals surface area contributed by atoms with Gasteiger partial charge in [0.2, 0.25) is 10.0 Å². The molecule has 0 atom stereocenters. The minimum absolute atomic E-state index is 0.0282. The number of hydrogen-bond acceptors (Lipinski definition) is 3. The molecule has 94 valence electrons. The number of nitrogens with one attached hydrogen (secondary N) is 1. The molecule has 1 amide bonds. The standard InChI is InChI=1S/C11H14BrNO3S/c1-8(2)7-17(15,16)13-11(14)9-5-3-4-6-10(9)12/h3-6,8H,7H2,1-2H3,(H,13,14). The first-order chi connectivity index (χ1) is 7.82. The van der Waals surface area contributed by atoms with Crippen LogP contribution in [-0.2, 0) is 10.0 Å². The molecule has 0 heterocycles. The van der Waals surface area contributed by atoms with Crippen molar-refractivity contribution in [2.45, 2.75) is 13.8 Å². The molecule has 1 aromatic rings. The largest absolute Gasteiger partial charge is 0.268 e. The molecule has 0 aliphatic rings. The van der Waals surface area contributed by atoms with E-state index in [2.05, 4.69) is 15.9 Å². The fraction of sp³-hybridized carbons (Fsp3) is 0.364. The maximum absolute atomic E-state index is 11.7. The summed E-state index contributed by atoms with van der Waals surface area (Å²) in [6, 6.07) is 6.67. The highest BCUT2D eigenvalue weighted by atomic mass is 79.9. The molecule has 0 saturated heterocycles. The van der Waals surface area contributed by atoms with Crippen LogP contribution in [0, 0.1) is 5.92 Å². The number of rotatable bonds is 4. The molecule has 1 rings (SSSR count). The maximum Gasteiger partial charge on any atom is 0.265 e. The van der Waals surface area contributed by atoms with Crippen molar-refractivity contribution >= 4 is 31.9 Å². The Morgan fingerprint density at radius 1 is 1.35 bits per heavy atom. The van der Waals surface area contributed by atoms with E-state index in [9.17, 15) is 13.2 Å². The lowest BCUT2D eigenvalue weighted by Crippen LogP contribution is -2.34. The highest BCUT2D eigenvalue weighted by molar-refractivity contribution is 9.10. The van der Waals surface area contributed by atoms with Crippen LogP contribution < -0.4 is 4.72 Å². The molecule has 0 unspecified atom stereocenters. The van der Waals surface area contributed by atoms with Crippen molar-refractivity contribution in [3.05, 3.63) is 34.3 Å². The van der Waals surface area contributed by atoms with Gasteiger partial charge in [-0.25, -0.2) is 13.1 Å². The van der Waals surface area contributed by atoms with Crippen LogP contribution >= 0.6 is 15.9 Å². The summed E-state index contributed by atoms with van der Waals surface area (Å²) in [4.78, 5) is 11.7. The van der Waals surface area contributed by atoms with Crippen LogP contribution in [0.5, 0.6) is 0 Å². The van der Waals surface area contributed by atoms with Gasteiger partial charge in [0.25, 0.3) is 5.91 Å². The zero-order valence-electron chi connectivity index (χ0n) is 9.60. The third kappa shape index (κ3) is 4.47. The second-order valence-corrected chi connectivity index (χ2v) is 6.71. The number of carbonyl (C=O) groups excluding carboxylic acids is 1. The van der Waals surface area contributed by atoms with E-state index >= 15 is 0 Å². The molecule has 0 radical (unpaired) electrons. The van der Waals surface area contributed by atoms with Gasteiger partial charge >= 0.3 is 0 Å². The topological polar surface area (TPSA) is 63.2 Å². The summed E-state index contributed by atoms with van der Waals surface area (Å²) in [5, 5.41) is 0. The van der Waals surface area contributed by atoms with E-state index in [-0.39, 0.29) is 11.7 Å². The number of sulfonamides is 1. The lowest BCUT2D eigenvalue weighted by Gasteiger charge is -2.09. The summed E-state index contributed by atoms with van der Waals surface area (Å²) < 4.78 is 25.8. The average molecular weight is 320 g/mol. The van der Waals surface area contributed by atoms with Crippen LogP contribution in [0.4, 0.5) is 0 Å². The van der Waals surface area contributed by atoms with Gasteiger partial charge in [-0.05, 0) is 34.0 Å². The first kappa shape index (κ1) is 14.2. The molecule has 0 aromatic heterocycles. The summed E-state index contributed by atoms with van der Waals surface area (Å²) in [7, 11) is -3.57. The normalized spacial score (nSPS) is 11.5. The van der Waals surface area contributed by atoms with Crippen LogP contribution in [0.15, 0.2) is 28.7 Å². The molecular weight excluding hydrogens is 306 g/mol. The first-order valence-corrected chi connectivity index (χ1v) is 7.55. The summed E-state index contributed by atoms with van der Waals surface area (Å²) in [5.41, 5.74) is 0.305. The minimum atomic E-state index is -3.57. The fourth-order valence-electron chi connectivity index (χ4n) is 1.32. The Labute approximate surface area is 110 Å². The second-order valence-electron chi connectivity index (χ2n) is 4.09. The molecular formula is C11H14BrNO3S. The quantitative estimate of drug-likeness (QED) is 0.925. The second kappa shape index (κ2) is 5.64. The molecule has 6 heteroatoms. The molecule has 17 heavy (non-hydrogen) atoms. The van der Waals surface area contributed by atoms with E-state index in [0.717, 1.165) is 0 Å². The zero-order valence-corrected chi connectivity index (χ0v) is 12.0. The Balaban J connectivity index is 2.84. The third-order valence-electron chi connectivity index (χ3n) is 1.92. The molecule has 4 nitrogen and oxygen atoms in total. The van der Waals surface area contributed by atoms with Gasteiger partial charge in [-0.3, -0.25) is 4.79 Å². The molecule has 0 aliphatic heterocycles. The monoisotopic (exact) mass is 319 g/mol. The Morgan fingerprint density at radius 3 is 2.47 bits per heavy atom. The van der Waals surface area contributed by atoms with Crippen molar-refractivity contribution in [1.29, 1.82) is 0 Å². The molecule has 1 N–H and O–H groups in total. The van der Waals surface area contributed by atoms with E-state index in [4.69, 9.17) is 0 Å². The van der Waals surface area contributed by atoms with Gasteiger partial charge in [-0.15, -0.1) is 0 Å². The van der Waals surface area contributed by atoms with Gasteiger partial charge in [0.15, 0.2) is 0 Å². The van der Waals surface area contributed by atoms with Gasteiger partial charge in [-0.2, -0.15) is 0 Å². The van der Waals surface area contributed by atoms with Gasteiger partial charge < -0.3 is 0 Å². The lowest BCUT2D eigenvalue weighted by molar-refractivity contribution is 0.0980. The molecule has 0 bridgehead atoms. The highest BCUT2D eigenvalue weighted by Gasteiger charge is 2.18. The fourth-order valence-corrected chi connectivity index (χ4v) is 3.14.